The number of hydrogen-bond donors (Lipinski definition) is 1. The summed E-state index contributed by atoms with van der Waals surface area (Å²) >= 11 is 0. The average Bonchev–Trinajstić information content (AvgIpc) is 2.49. The third-order valence-corrected chi connectivity index (χ3v) is 4.67. The lowest BCUT2D eigenvalue weighted by Crippen LogP contribution is -2.34. The topological polar surface area (TPSA) is 24.5 Å². The first-order valence-electron chi connectivity index (χ1n) is 7.88. The maximum Gasteiger partial charge on any atom is 0.0491 e. The summed E-state index contributed by atoms with van der Waals surface area (Å²) in [5, 5.41) is 3.46. The van der Waals surface area contributed by atoms with Gasteiger partial charge in [-0.25, -0.2) is 0 Å². The molecule has 1 N–H and O–H groups in total. The van der Waals surface area contributed by atoms with Crippen molar-refractivity contribution in [3.05, 3.63) is 34.9 Å². The molecule has 0 aromatic heterocycles. The van der Waals surface area contributed by atoms with E-state index in [1.165, 1.54) is 49.0 Å². The smallest absolute Gasteiger partial charge is 0.0491 e. The SMILES string of the molecule is COCC1CCN(Cc2ccc3c(c2)CNCC3)CC1. The molecular formula is C17H26N2O. The molecule has 1 aromatic rings. The first kappa shape index (κ1) is 14.1. The van der Waals surface area contributed by atoms with Crippen LogP contribution >= 0.6 is 0 Å². The molecule has 2 aliphatic heterocycles. The molecule has 0 atom stereocenters. The minimum Gasteiger partial charge on any atom is -0.384 e. The number of piperidine rings is 1. The molecule has 1 aromatic carbocycles. The van der Waals surface area contributed by atoms with E-state index in [1.54, 1.807) is 0 Å². The third kappa shape index (κ3) is 3.40. The molecule has 0 unspecified atom stereocenters. The second kappa shape index (κ2) is 6.70. The summed E-state index contributed by atoms with van der Waals surface area (Å²) in [6.45, 7) is 6.62. The van der Waals surface area contributed by atoms with Crippen molar-refractivity contribution in [3.8, 4) is 0 Å². The minimum atomic E-state index is 0.768. The van der Waals surface area contributed by atoms with Gasteiger partial charge in [0.15, 0.2) is 0 Å². The number of likely N-dealkylation sites (tertiary alicyclic amines) is 1. The van der Waals surface area contributed by atoms with Crippen LogP contribution in [0.2, 0.25) is 0 Å². The number of ether oxygens (including phenoxy) is 1. The Bertz CT molecular complexity index is 439. The van der Waals surface area contributed by atoms with Crippen molar-refractivity contribution in [2.24, 2.45) is 5.92 Å². The fraction of sp³-hybridized carbons (Fsp3) is 0.647. The van der Waals surface area contributed by atoms with Crippen LogP contribution in [0.25, 0.3) is 0 Å². The molecule has 0 radical (unpaired) electrons. The van der Waals surface area contributed by atoms with Crippen molar-refractivity contribution < 1.29 is 4.74 Å². The highest BCUT2D eigenvalue weighted by atomic mass is 16.5. The van der Waals surface area contributed by atoms with Crippen molar-refractivity contribution in [3.63, 3.8) is 0 Å². The molecule has 3 rings (SSSR count). The van der Waals surface area contributed by atoms with Gasteiger partial charge in [0.05, 0.1) is 0 Å². The molecule has 3 heteroatoms. The Balaban J connectivity index is 1.56. The van der Waals surface area contributed by atoms with Gasteiger partial charge in [-0.2, -0.15) is 0 Å². The quantitative estimate of drug-likeness (QED) is 0.911. The number of methoxy groups -OCH3 is 1. The zero-order valence-corrected chi connectivity index (χ0v) is 12.5. The van der Waals surface area contributed by atoms with Gasteiger partial charge in [-0.15, -0.1) is 0 Å². The van der Waals surface area contributed by atoms with E-state index in [4.69, 9.17) is 4.74 Å². The Morgan fingerprint density at radius 1 is 1.25 bits per heavy atom. The molecular weight excluding hydrogens is 248 g/mol. The Labute approximate surface area is 122 Å². The molecule has 2 aliphatic rings. The van der Waals surface area contributed by atoms with Gasteiger partial charge in [-0.05, 0) is 61.5 Å². The van der Waals surface area contributed by atoms with Crippen LogP contribution in [0.1, 0.15) is 29.5 Å². The lowest BCUT2D eigenvalue weighted by Gasteiger charge is -2.31. The highest BCUT2D eigenvalue weighted by Gasteiger charge is 2.19. The fourth-order valence-corrected chi connectivity index (χ4v) is 3.44. The Morgan fingerprint density at radius 3 is 2.90 bits per heavy atom. The fourth-order valence-electron chi connectivity index (χ4n) is 3.44. The summed E-state index contributed by atoms with van der Waals surface area (Å²) < 4.78 is 5.27. The van der Waals surface area contributed by atoms with E-state index in [2.05, 4.69) is 28.4 Å². The Morgan fingerprint density at radius 2 is 2.10 bits per heavy atom. The maximum absolute atomic E-state index is 5.27. The van der Waals surface area contributed by atoms with Gasteiger partial charge in [-0.1, -0.05) is 18.2 Å². The van der Waals surface area contributed by atoms with E-state index < -0.39 is 0 Å². The first-order valence-corrected chi connectivity index (χ1v) is 7.88. The van der Waals surface area contributed by atoms with E-state index >= 15 is 0 Å². The van der Waals surface area contributed by atoms with Gasteiger partial charge < -0.3 is 10.1 Å². The second-order valence-corrected chi connectivity index (χ2v) is 6.20. The number of hydrogen-bond acceptors (Lipinski definition) is 3. The number of nitrogens with one attached hydrogen (secondary N) is 1. The molecule has 0 spiro atoms. The van der Waals surface area contributed by atoms with Crippen LogP contribution in [0.4, 0.5) is 0 Å². The van der Waals surface area contributed by atoms with Gasteiger partial charge in [-0.3, -0.25) is 4.90 Å². The van der Waals surface area contributed by atoms with Crippen molar-refractivity contribution in [1.29, 1.82) is 0 Å². The maximum atomic E-state index is 5.27. The Kier molecular flexibility index (Phi) is 4.71. The van der Waals surface area contributed by atoms with Gasteiger partial charge >= 0.3 is 0 Å². The average molecular weight is 274 g/mol. The van der Waals surface area contributed by atoms with Crippen molar-refractivity contribution in [2.75, 3.05) is 33.4 Å². The van der Waals surface area contributed by atoms with Crippen molar-refractivity contribution in [2.45, 2.75) is 32.4 Å². The van der Waals surface area contributed by atoms with E-state index in [0.29, 0.717) is 0 Å². The van der Waals surface area contributed by atoms with Crippen LogP contribution in [-0.4, -0.2) is 38.3 Å². The molecule has 0 amide bonds. The zero-order valence-electron chi connectivity index (χ0n) is 12.5. The molecule has 110 valence electrons. The van der Waals surface area contributed by atoms with Gasteiger partial charge in [0, 0.05) is 26.8 Å². The predicted octanol–water partition coefficient (Wildman–Crippen LogP) is 2.19. The van der Waals surface area contributed by atoms with Crippen LogP contribution in [0.3, 0.4) is 0 Å². The third-order valence-electron chi connectivity index (χ3n) is 4.67. The number of rotatable bonds is 4. The summed E-state index contributed by atoms with van der Waals surface area (Å²) in [4.78, 5) is 2.59. The summed E-state index contributed by atoms with van der Waals surface area (Å²) in [7, 11) is 1.81. The summed E-state index contributed by atoms with van der Waals surface area (Å²) in [6, 6.07) is 7.07. The summed E-state index contributed by atoms with van der Waals surface area (Å²) in [5.41, 5.74) is 4.51. The van der Waals surface area contributed by atoms with Crippen LogP contribution in [-0.2, 0) is 24.2 Å². The lowest BCUT2D eigenvalue weighted by atomic mass is 9.96. The highest BCUT2D eigenvalue weighted by molar-refractivity contribution is 5.33. The number of nitrogens with zero attached hydrogens (tertiary/aromatic N) is 1. The molecule has 2 heterocycles. The van der Waals surface area contributed by atoms with Crippen LogP contribution in [0.15, 0.2) is 18.2 Å². The van der Waals surface area contributed by atoms with Gasteiger partial charge in [0.2, 0.25) is 0 Å². The van der Waals surface area contributed by atoms with Crippen molar-refractivity contribution >= 4 is 0 Å². The lowest BCUT2D eigenvalue weighted by molar-refractivity contribution is 0.0968. The summed E-state index contributed by atoms with van der Waals surface area (Å²) in [5.74, 6) is 0.768. The van der Waals surface area contributed by atoms with Crippen LogP contribution in [0.5, 0.6) is 0 Å². The standard InChI is InChI=1S/C17H26N2O/c1-20-13-14-5-8-19(9-6-14)12-15-2-3-16-4-7-18-11-17(16)10-15/h2-3,10,14,18H,4-9,11-13H2,1H3. The van der Waals surface area contributed by atoms with E-state index in [0.717, 1.165) is 32.2 Å². The predicted molar refractivity (Wildman–Crippen MR) is 81.7 cm³/mol. The molecule has 1 fully saturated rings. The van der Waals surface area contributed by atoms with Crippen LogP contribution in [0, 0.1) is 5.92 Å². The number of fused-ring (bicyclic) bond motifs is 1. The summed E-state index contributed by atoms with van der Waals surface area (Å²) in [6.07, 6.45) is 3.73. The molecule has 1 saturated heterocycles. The monoisotopic (exact) mass is 274 g/mol. The normalized spacial score (nSPS) is 20.9. The van der Waals surface area contributed by atoms with Crippen LogP contribution < -0.4 is 5.32 Å². The first-order chi connectivity index (χ1) is 9.85. The zero-order chi connectivity index (χ0) is 13.8. The molecule has 3 nitrogen and oxygen atoms in total. The van der Waals surface area contributed by atoms with Gasteiger partial charge in [0.1, 0.15) is 0 Å². The van der Waals surface area contributed by atoms with E-state index in [9.17, 15) is 0 Å². The molecule has 0 aliphatic carbocycles. The largest absolute Gasteiger partial charge is 0.384 e. The van der Waals surface area contributed by atoms with Crippen molar-refractivity contribution in [1.82, 2.24) is 10.2 Å². The highest BCUT2D eigenvalue weighted by Crippen LogP contribution is 2.21. The van der Waals surface area contributed by atoms with E-state index in [1.807, 2.05) is 7.11 Å². The second-order valence-electron chi connectivity index (χ2n) is 6.20. The van der Waals surface area contributed by atoms with Gasteiger partial charge in [0.25, 0.3) is 0 Å². The molecule has 0 bridgehead atoms. The van der Waals surface area contributed by atoms with E-state index in [-0.39, 0.29) is 0 Å². The molecule has 0 saturated carbocycles. The minimum absolute atomic E-state index is 0.768. The number of benzene rings is 1. The molecule has 20 heavy (non-hydrogen) atoms. The Hall–Kier alpha value is -0.900.